The number of esters is 4. The normalized spacial score (nSPS) is 22.1. The molecule has 0 radical (unpaired) electrons. The number of cyclic esters (lactones) is 4. The molecule has 2 aliphatic heterocycles. The van der Waals surface area contributed by atoms with Crippen molar-refractivity contribution in [3.63, 3.8) is 0 Å². The van der Waals surface area contributed by atoms with Crippen LogP contribution in [0.2, 0.25) is 0 Å². The topological polar surface area (TPSA) is 113 Å². The summed E-state index contributed by atoms with van der Waals surface area (Å²) in [4.78, 5) is 61.8. The molecule has 222 valence electrons. The van der Waals surface area contributed by atoms with Gasteiger partial charge in [0.1, 0.15) is 11.5 Å². The molecule has 0 spiro atoms. The molecule has 0 saturated carbocycles. The van der Waals surface area contributed by atoms with E-state index in [4.69, 9.17) is 14.2 Å². The lowest BCUT2D eigenvalue weighted by atomic mass is 9.67. The highest BCUT2D eigenvalue weighted by molar-refractivity contribution is 6.06. The third kappa shape index (κ3) is 5.47. The Morgan fingerprint density at radius 3 is 2.02 bits per heavy atom. The van der Waals surface area contributed by atoms with Crippen molar-refractivity contribution in [2.45, 2.75) is 24.7 Å². The highest BCUT2D eigenvalue weighted by atomic mass is 16.6. The number of carbonyl (C=O) groups is 5. The van der Waals surface area contributed by atoms with Crippen LogP contribution < -0.4 is 4.74 Å². The molecular weight excluding hydrogens is 572 g/mol. The van der Waals surface area contributed by atoms with Crippen LogP contribution in [0.3, 0.4) is 0 Å². The number of fused-ring (bicyclic) bond motifs is 3. The summed E-state index contributed by atoms with van der Waals surface area (Å²) in [6.45, 7) is 0. The molecule has 8 nitrogen and oxygen atoms in total. The van der Waals surface area contributed by atoms with Gasteiger partial charge >= 0.3 is 23.9 Å². The largest absolute Gasteiger partial charge is 0.457 e. The van der Waals surface area contributed by atoms with E-state index in [9.17, 15) is 24.0 Å². The van der Waals surface area contributed by atoms with Crippen LogP contribution in [0.1, 0.15) is 51.7 Å². The van der Waals surface area contributed by atoms with Gasteiger partial charge in [-0.3, -0.25) is 24.0 Å². The quantitative estimate of drug-likeness (QED) is 0.104. The number of ether oxygens (including phenoxy) is 3. The summed E-state index contributed by atoms with van der Waals surface area (Å²) in [5, 5.41) is 0. The molecule has 0 bridgehead atoms. The zero-order chi connectivity index (χ0) is 31.1. The van der Waals surface area contributed by atoms with Gasteiger partial charge in [-0.15, -0.1) is 0 Å². The molecule has 4 aromatic carbocycles. The van der Waals surface area contributed by atoms with Gasteiger partial charge in [0.15, 0.2) is 5.78 Å². The summed E-state index contributed by atoms with van der Waals surface area (Å²) in [5.41, 5.74) is 4.79. The van der Waals surface area contributed by atoms with E-state index in [0.29, 0.717) is 28.2 Å². The Balaban J connectivity index is 1.08. The zero-order valence-electron chi connectivity index (χ0n) is 23.9. The minimum absolute atomic E-state index is 0.0551. The van der Waals surface area contributed by atoms with Crippen LogP contribution in [0.4, 0.5) is 0 Å². The summed E-state index contributed by atoms with van der Waals surface area (Å²) < 4.78 is 15.9. The molecule has 2 saturated heterocycles. The number of hydrogen-bond acceptors (Lipinski definition) is 8. The fourth-order valence-electron chi connectivity index (χ4n) is 6.43. The smallest absolute Gasteiger partial charge is 0.321 e. The van der Waals surface area contributed by atoms with Crippen LogP contribution in [0.15, 0.2) is 103 Å². The first-order chi connectivity index (χ1) is 21.8. The lowest BCUT2D eigenvalue weighted by Gasteiger charge is -2.33. The van der Waals surface area contributed by atoms with Gasteiger partial charge in [0, 0.05) is 5.56 Å². The maximum Gasteiger partial charge on any atom is 0.321 e. The van der Waals surface area contributed by atoms with Crippen molar-refractivity contribution in [2.75, 3.05) is 0 Å². The van der Waals surface area contributed by atoms with Gasteiger partial charge in [-0.25, -0.2) is 0 Å². The Kier molecular flexibility index (Phi) is 7.17. The van der Waals surface area contributed by atoms with Crippen molar-refractivity contribution in [1.29, 1.82) is 0 Å². The van der Waals surface area contributed by atoms with E-state index in [0.717, 1.165) is 16.7 Å². The second kappa shape index (κ2) is 11.5. The van der Waals surface area contributed by atoms with Gasteiger partial charge in [-0.2, -0.15) is 0 Å². The van der Waals surface area contributed by atoms with E-state index < -0.39 is 47.5 Å². The zero-order valence-corrected chi connectivity index (χ0v) is 23.9. The molecule has 45 heavy (non-hydrogen) atoms. The first kappa shape index (κ1) is 28.2. The molecule has 3 aliphatic rings. The Labute approximate surface area is 258 Å². The average molecular weight is 599 g/mol. The second-order valence-corrected chi connectivity index (χ2v) is 11.4. The number of carbonyl (C=O) groups excluding carboxylic acids is 5. The van der Waals surface area contributed by atoms with Crippen LogP contribution in [0.25, 0.3) is 17.2 Å². The minimum atomic E-state index is -0.794. The predicted octanol–water partition coefficient (Wildman–Crippen LogP) is 6.40. The first-order valence-electron chi connectivity index (χ1n) is 14.6. The summed E-state index contributed by atoms with van der Waals surface area (Å²) in [6.07, 6.45) is 3.51. The van der Waals surface area contributed by atoms with Crippen molar-refractivity contribution >= 4 is 35.7 Å². The van der Waals surface area contributed by atoms with Crippen molar-refractivity contribution in [2.24, 2.45) is 11.8 Å². The monoisotopic (exact) mass is 598 g/mol. The molecule has 0 amide bonds. The standard InChI is InChI=1S/C37H26O8/c38-32(24-4-2-1-3-5-24)17-8-21-6-9-22(10-7-21)23-11-13-25(14-12-23)43-26-15-16-27-28(30-20-33(39)44-35(30)40)19-31-34(29(27)18-26)37(42)45-36(31)41/h1-18,28,30-31,34H,19-20H2. The van der Waals surface area contributed by atoms with Crippen molar-refractivity contribution < 1.29 is 38.2 Å². The molecule has 0 aromatic heterocycles. The first-order valence-corrected chi connectivity index (χ1v) is 14.6. The summed E-state index contributed by atoms with van der Waals surface area (Å²) >= 11 is 0. The van der Waals surface area contributed by atoms with Crippen LogP contribution in [-0.4, -0.2) is 29.7 Å². The number of rotatable bonds is 7. The van der Waals surface area contributed by atoms with E-state index in [1.54, 1.807) is 42.5 Å². The maximum atomic E-state index is 12.7. The Bertz CT molecular complexity index is 1870. The van der Waals surface area contributed by atoms with Gasteiger partial charge < -0.3 is 14.2 Å². The molecule has 2 heterocycles. The van der Waals surface area contributed by atoms with E-state index in [2.05, 4.69) is 0 Å². The van der Waals surface area contributed by atoms with Crippen molar-refractivity contribution in [3.05, 3.63) is 125 Å². The van der Waals surface area contributed by atoms with Crippen LogP contribution in [-0.2, 0) is 28.7 Å². The fourth-order valence-corrected chi connectivity index (χ4v) is 6.43. The maximum absolute atomic E-state index is 12.7. The van der Waals surface area contributed by atoms with E-state index >= 15 is 0 Å². The highest BCUT2D eigenvalue weighted by Crippen LogP contribution is 2.51. The van der Waals surface area contributed by atoms with Gasteiger partial charge in [0.05, 0.1) is 24.2 Å². The van der Waals surface area contributed by atoms with Crippen molar-refractivity contribution in [3.8, 4) is 22.6 Å². The van der Waals surface area contributed by atoms with E-state index in [1.165, 1.54) is 0 Å². The third-order valence-electron chi connectivity index (χ3n) is 8.67. The molecule has 4 atom stereocenters. The molecule has 4 aromatic rings. The van der Waals surface area contributed by atoms with Gasteiger partial charge in [0.2, 0.25) is 0 Å². The number of ketones is 1. The van der Waals surface area contributed by atoms with Gasteiger partial charge in [-0.05, 0) is 70.5 Å². The molecule has 2 fully saturated rings. The lowest BCUT2D eigenvalue weighted by molar-refractivity contribution is -0.155. The molecule has 0 N–H and O–H groups in total. The lowest BCUT2D eigenvalue weighted by Crippen LogP contribution is -2.31. The third-order valence-corrected chi connectivity index (χ3v) is 8.67. The van der Waals surface area contributed by atoms with E-state index in [1.807, 2.05) is 66.7 Å². The molecule has 1 aliphatic carbocycles. The summed E-state index contributed by atoms with van der Waals surface area (Å²) in [5.74, 6) is -4.19. The fraction of sp³-hybridized carbons (Fsp3) is 0.162. The number of hydrogen-bond donors (Lipinski definition) is 0. The Morgan fingerprint density at radius 2 is 1.33 bits per heavy atom. The Morgan fingerprint density at radius 1 is 0.667 bits per heavy atom. The SMILES string of the molecule is O=C1CC(C2CC3C(=O)OC(=O)C3c3cc(Oc4ccc(-c5ccc(C=CC(=O)c6ccccc6)cc5)cc4)ccc32)C(=O)O1. The van der Waals surface area contributed by atoms with Crippen LogP contribution in [0.5, 0.6) is 11.5 Å². The minimum Gasteiger partial charge on any atom is -0.457 e. The number of benzene rings is 4. The molecule has 8 heteroatoms. The highest BCUT2D eigenvalue weighted by Gasteiger charge is 2.53. The molecular formula is C37H26O8. The van der Waals surface area contributed by atoms with Gasteiger partial charge in [0.25, 0.3) is 0 Å². The molecule has 7 rings (SSSR count). The predicted molar refractivity (Wildman–Crippen MR) is 162 cm³/mol. The van der Waals surface area contributed by atoms with Crippen molar-refractivity contribution in [1.82, 2.24) is 0 Å². The second-order valence-electron chi connectivity index (χ2n) is 11.4. The summed E-state index contributed by atoms with van der Waals surface area (Å²) in [7, 11) is 0. The number of allylic oxidation sites excluding steroid dienone is 1. The van der Waals surface area contributed by atoms with E-state index in [-0.39, 0.29) is 18.6 Å². The van der Waals surface area contributed by atoms with Crippen LogP contribution >= 0.6 is 0 Å². The van der Waals surface area contributed by atoms with Crippen LogP contribution in [0, 0.1) is 11.8 Å². The molecule has 4 unspecified atom stereocenters. The summed E-state index contributed by atoms with van der Waals surface area (Å²) in [6, 6.07) is 29.7. The Hall–Kier alpha value is -5.63. The van der Waals surface area contributed by atoms with Gasteiger partial charge in [-0.1, -0.05) is 78.9 Å². The average Bonchev–Trinajstić information content (AvgIpc) is 3.55.